The van der Waals surface area contributed by atoms with Crippen molar-refractivity contribution < 1.29 is 13.2 Å². The second kappa shape index (κ2) is 7.89. The van der Waals surface area contributed by atoms with E-state index in [4.69, 9.17) is 4.74 Å². The van der Waals surface area contributed by atoms with Gasteiger partial charge in [0.05, 0.1) is 30.7 Å². The first kappa shape index (κ1) is 19.1. The molecular formula is C17H27N5O3S. The van der Waals surface area contributed by atoms with Crippen molar-refractivity contribution >= 4 is 9.84 Å². The Bertz CT molecular complexity index is 836. The minimum atomic E-state index is -3.39. The zero-order valence-corrected chi connectivity index (χ0v) is 16.4. The summed E-state index contributed by atoms with van der Waals surface area (Å²) in [7, 11) is -1.49. The molecule has 2 aromatic heterocycles. The summed E-state index contributed by atoms with van der Waals surface area (Å²) in [5.41, 5.74) is 2.02. The summed E-state index contributed by atoms with van der Waals surface area (Å²) in [6.07, 6.45) is 8.76. The molecule has 0 aromatic carbocycles. The van der Waals surface area contributed by atoms with Gasteiger partial charge in [0.15, 0.2) is 0 Å². The monoisotopic (exact) mass is 381 g/mol. The van der Waals surface area contributed by atoms with Gasteiger partial charge in [0, 0.05) is 44.8 Å². The van der Waals surface area contributed by atoms with Gasteiger partial charge in [-0.05, 0) is 19.4 Å². The van der Waals surface area contributed by atoms with Crippen molar-refractivity contribution in [1.82, 2.24) is 24.2 Å². The van der Waals surface area contributed by atoms with Gasteiger partial charge < -0.3 is 9.30 Å². The van der Waals surface area contributed by atoms with Gasteiger partial charge in [-0.2, -0.15) is 5.10 Å². The molecule has 0 radical (unpaired) electrons. The van der Waals surface area contributed by atoms with Crippen LogP contribution >= 0.6 is 0 Å². The second-order valence-corrected chi connectivity index (χ2v) is 8.78. The molecule has 0 aliphatic carbocycles. The molecule has 1 saturated heterocycles. The number of sulfone groups is 1. The summed E-state index contributed by atoms with van der Waals surface area (Å²) < 4.78 is 33.6. The quantitative estimate of drug-likeness (QED) is 0.684. The fourth-order valence-corrected chi connectivity index (χ4v) is 4.16. The molecule has 8 nitrogen and oxygen atoms in total. The van der Waals surface area contributed by atoms with Crippen LogP contribution in [0.1, 0.15) is 31.0 Å². The molecule has 0 saturated carbocycles. The topological polar surface area (TPSA) is 82.3 Å². The summed E-state index contributed by atoms with van der Waals surface area (Å²) in [5.74, 6) is 0. The van der Waals surface area contributed by atoms with E-state index in [1.807, 2.05) is 24.0 Å². The lowest BCUT2D eigenvalue weighted by molar-refractivity contribution is 0.0932. The maximum Gasteiger partial charge on any atom is 0.227 e. The van der Waals surface area contributed by atoms with Crippen molar-refractivity contribution in [2.75, 3.05) is 19.4 Å². The van der Waals surface area contributed by atoms with E-state index in [2.05, 4.69) is 21.9 Å². The molecule has 1 unspecified atom stereocenters. The normalized spacial score (nSPS) is 18.1. The molecule has 2 aromatic rings. The molecule has 1 aliphatic rings. The van der Waals surface area contributed by atoms with E-state index < -0.39 is 9.84 Å². The molecule has 3 rings (SSSR count). The largest absolute Gasteiger partial charge is 0.376 e. The van der Waals surface area contributed by atoms with E-state index >= 15 is 0 Å². The first-order valence-electron chi connectivity index (χ1n) is 8.92. The van der Waals surface area contributed by atoms with Gasteiger partial charge >= 0.3 is 0 Å². The Morgan fingerprint density at radius 2 is 2.15 bits per heavy atom. The summed E-state index contributed by atoms with van der Waals surface area (Å²) in [4.78, 5) is 6.45. The minimum Gasteiger partial charge on any atom is -0.376 e. The predicted molar refractivity (Wildman–Crippen MR) is 97.3 cm³/mol. The molecule has 144 valence electrons. The molecule has 1 fully saturated rings. The maximum atomic E-state index is 12.1. The number of aromatic nitrogens is 4. The van der Waals surface area contributed by atoms with Crippen LogP contribution < -0.4 is 0 Å². The molecule has 9 heteroatoms. The summed E-state index contributed by atoms with van der Waals surface area (Å²) >= 11 is 0. The second-order valence-electron chi connectivity index (χ2n) is 6.88. The highest BCUT2D eigenvalue weighted by molar-refractivity contribution is 7.90. The lowest BCUT2D eigenvalue weighted by atomic mass is 10.2. The average molecular weight is 382 g/mol. The van der Waals surface area contributed by atoms with Crippen molar-refractivity contribution in [3.05, 3.63) is 29.8 Å². The lowest BCUT2D eigenvalue weighted by Crippen LogP contribution is -2.26. The van der Waals surface area contributed by atoms with Crippen molar-refractivity contribution in [1.29, 1.82) is 0 Å². The third kappa shape index (κ3) is 4.52. The fraction of sp³-hybridized carbons (Fsp3) is 0.647. The summed E-state index contributed by atoms with van der Waals surface area (Å²) in [6, 6.07) is 0. The molecular weight excluding hydrogens is 354 g/mol. The van der Waals surface area contributed by atoms with Gasteiger partial charge in [-0.15, -0.1) is 0 Å². The Labute approximate surface area is 154 Å². The van der Waals surface area contributed by atoms with Crippen molar-refractivity contribution in [3.63, 3.8) is 0 Å². The van der Waals surface area contributed by atoms with Crippen LogP contribution in [0.4, 0.5) is 0 Å². The Morgan fingerprint density at radius 1 is 1.35 bits per heavy atom. The van der Waals surface area contributed by atoms with Crippen LogP contribution in [0.25, 0.3) is 0 Å². The maximum absolute atomic E-state index is 12.1. The van der Waals surface area contributed by atoms with Crippen LogP contribution in [0.3, 0.4) is 0 Å². The Kier molecular flexibility index (Phi) is 5.79. The Hall–Kier alpha value is -1.71. The number of imidazole rings is 1. The number of hydrogen-bond donors (Lipinski definition) is 0. The molecule has 0 amide bonds. The molecule has 26 heavy (non-hydrogen) atoms. The van der Waals surface area contributed by atoms with Crippen molar-refractivity contribution in [2.45, 2.75) is 50.7 Å². The van der Waals surface area contributed by atoms with Crippen LogP contribution in [0.5, 0.6) is 0 Å². The number of rotatable bonds is 8. The standard InChI is InChI=1S/C17H27N5O3S/c1-4-21(11-14-8-19-20(2)10-14)12-15-9-18-17(26(3,23)24)22(15)13-16-6-5-7-25-16/h8-10,16H,4-7,11-13H2,1-3H3. The number of aryl methyl sites for hydroxylation is 1. The van der Waals surface area contributed by atoms with Crippen LogP contribution in [0.2, 0.25) is 0 Å². The fourth-order valence-electron chi connectivity index (χ4n) is 3.32. The molecule has 0 spiro atoms. The third-order valence-corrected chi connectivity index (χ3v) is 5.63. The lowest BCUT2D eigenvalue weighted by Gasteiger charge is -2.22. The number of hydrogen-bond acceptors (Lipinski definition) is 6. The molecule has 0 bridgehead atoms. The zero-order valence-electron chi connectivity index (χ0n) is 15.6. The zero-order chi connectivity index (χ0) is 18.7. The van der Waals surface area contributed by atoms with E-state index in [0.29, 0.717) is 13.1 Å². The SMILES string of the molecule is CCN(Cc1cnn(C)c1)Cc1cnc(S(C)(=O)=O)n1CC1CCCO1. The highest BCUT2D eigenvalue weighted by atomic mass is 32.2. The van der Waals surface area contributed by atoms with Crippen LogP contribution in [-0.2, 0) is 41.3 Å². The van der Waals surface area contributed by atoms with Gasteiger partial charge in [-0.25, -0.2) is 13.4 Å². The smallest absolute Gasteiger partial charge is 0.227 e. The Morgan fingerprint density at radius 3 is 2.73 bits per heavy atom. The van der Waals surface area contributed by atoms with E-state index in [1.54, 1.807) is 10.9 Å². The molecule has 0 N–H and O–H groups in total. The first-order chi connectivity index (χ1) is 12.4. The number of ether oxygens (including phenoxy) is 1. The predicted octanol–water partition coefficient (Wildman–Crippen LogP) is 1.22. The van der Waals surface area contributed by atoms with E-state index in [-0.39, 0.29) is 11.3 Å². The van der Waals surface area contributed by atoms with Gasteiger partial charge in [0.25, 0.3) is 0 Å². The summed E-state index contributed by atoms with van der Waals surface area (Å²) in [6.45, 7) is 5.58. The third-order valence-electron chi connectivity index (χ3n) is 4.64. The van der Waals surface area contributed by atoms with E-state index in [9.17, 15) is 8.42 Å². The number of nitrogens with zero attached hydrogens (tertiary/aromatic N) is 5. The van der Waals surface area contributed by atoms with Gasteiger partial charge in [0.2, 0.25) is 15.0 Å². The molecule has 3 heterocycles. The first-order valence-corrected chi connectivity index (χ1v) is 10.8. The minimum absolute atomic E-state index is 0.0526. The highest BCUT2D eigenvalue weighted by Crippen LogP contribution is 2.20. The molecule has 1 aliphatic heterocycles. The van der Waals surface area contributed by atoms with Gasteiger partial charge in [-0.3, -0.25) is 9.58 Å². The Balaban J connectivity index is 1.81. The van der Waals surface area contributed by atoms with Crippen molar-refractivity contribution in [2.24, 2.45) is 7.05 Å². The van der Waals surface area contributed by atoms with E-state index in [1.165, 1.54) is 6.26 Å². The van der Waals surface area contributed by atoms with Gasteiger partial charge in [-0.1, -0.05) is 6.92 Å². The van der Waals surface area contributed by atoms with Crippen LogP contribution in [0, 0.1) is 0 Å². The summed E-state index contributed by atoms with van der Waals surface area (Å²) in [5, 5.41) is 4.34. The van der Waals surface area contributed by atoms with E-state index in [0.717, 1.165) is 43.8 Å². The average Bonchev–Trinajstić information content (AvgIpc) is 3.29. The van der Waals surface area contributed by atoms with Crippen LogP contribution in [-0.4, -0.2) is 58.2 Å². The highest BCUT2D eigenvalue weighted by Gasteiger charge is 2.24. The van der Waals surface area contributed by atoms with Crippen molar-refractivity contribution in [3.8, 4) is 0 Å². The molecule has 1 atom stereocenters. The van der Waals surface area contributed by atoms with Crippen LogP contribution in [0.15, 0.2) is 23.7 Å². The van der Waals surface area contributed by atoms with Gasteiger partial charge in [0.1, 0.15) is 0 Å².